The van der Waals surface area contributed by atoms with Crippen molar-refractivity contribution < 1.29 is 19.0 Å². The number of carbonyl (C=O) groups excluding carboxylic acids is 1. The lowest BCUT2D eigenvalue weighted by molar-refractivity contribution is 0.0732. The van der Waals surface area contributed by atoms with Crippen LogP contribution >= 0.6 is 0 Å². The van der Waals surface area contributed by atoms with Crippen molar-refractivity contribution in [2.24, 2.45) is 0 Å². The summed E-state index contributed by atoms with van der Waals surface area (Å²) in [4.78, 5) is 18.9. The summed E-state index contributed by atoms with van der Waals surface area (Å²) >= 11 is 0. The molecule has 5 rings (SSSR count). The fraction of sp³-hybridized carbons (Fsp3) is 0.400. The molecule has 2 bridgehead atoms. The highest BCUT2D eigenvalue weighted by molar-refractivity contribution is 5.90. The van der Waals surface area contributed by atoms with E-state index in [0.717, 1.165) is 37.1 Å². The van der Waals surface area contributed by atoms with Crippen LogP contribution in [0.25, 0.3) is 0 Å². The van der Waals surface area contributed by atoms with Crippen LogP contribution in [0.3, 0.4) is 0 Å². The van der Waals surface area contributed by atoms with Crippen LogP contribution in [0.4, 0.5) is 10.5 Å². The molecule has 0 saturated carbocycles. The van der Waals surface area contributed by atoms with Gasteiger partial charge in [-0.3, -0.25) is 4.98 Å². The Hall–Kier alpha value is -2.96. The van der Waals surface area contributed by atoms with E-state index in [-0.39, 0.29) is 31.0 Å². The first-order chi connectivity index (χ1) is 13.3. The van der Waals surface area contributed by atoms with Gasteiger partial charge in [0.25, 0.3) is 0 Å². The van der Waals surface area contributed by atoms with Gasteiger partial charge in [-0.2, -0.15) is 0 Å². The van der Waals surface area contributed by atoms with Gasteiger partial charge in [-0.05, 0) is 37.1 Å². The van der Waals surface area contributed by atoms with Crippen LogP contribution in [-0.2, 0) is 0 Å². The molecule has 3 aliphatic heterocycles. The lowest BCUT2D eigenvalue weighted by Gasteiger charge is -2.38. The van der Waals surface area contributed by atoms with E-state index in [1.807, 2.05) is 29.2 Å². The third-order valence-corrected chi connectivity index (χ3v) is 5.50. The molecule has 1 aromatic heterocycles. The van der Waals surface area contributed by atoms with Gasteiger partial charge in [0.2, 0.25) is 6.79 Å². The number of fused-ring (bicyclic) bond motifs is 3. The van der Waals surface area contributed by atoms with Crippen molar-refractivity contribution in [3.63, 3.8) is 0 Å². The number of pyridine rings is 1. The third-order valence-electron chi connectivity index (χ3n) is 5.50. The monoisotopic (exact) mass is 367 g/mol. The van der Waals surface area contributed by atoms with E-state index in [2.05, 4.69) is 10.3 Å². The van der Waals surface area contributed by atoms with E-state index in [4.69, 9.17) is 14.2 Å². The number of rotatable bonds is 3. The van der Waals surface area contributed by atoms with Crippen LogP contribution in [-0.4, -0.2) is 40.9 Å². The standard InChI is InChI=1S/C20H21N3O4/c24-20(22-13-1-4-18-19(9-13)26-12-25-18)23-14-2-3-15(23)11-17(10-14)27-16-5-7-21-8-6-16/h1,4-9,14-15,17H,2-3,10-12H2,(H,22,24). The van der Waals surface area contributed by atoms with Gasteiger partial charge in [0, 0.05) is 49.1 Å². The average Bonchev–Trinajstić information content (AvgIpc) is 3.24. The highest BCUT2D eigenvalue weighted by Gasteiger charge is 2.44. The lowest BCUT2D eigenvalue weighted by Crippen LogP contribution is -2.50. The third kappa shape index (κ3) is 3.13. The molecule has 7 heteroatoms. The van der Waals surface area contributed by atoms with Crippen LogP contribution in [0.5, 0.6) is 17.2 Å². The van der Waals surface area contributed by atoms with Crippen LogP contribution in [0.2, 0.25) is 0 Å². The number of urea groups is 1. The largest absolute Gasteiger partial charge is 0.490 e. The molecule has 2 aromatic rings. The van der Waals surface area contributed by atoms with Crippen molar-refractivity contribution in [3.05, 3.63) is 42.7 Å². The molecule has 140 valence electrons. The molecule has 27 heavy (non-hydrogen) atoms. The number of hydrogen-bond donors (Lipinski definition) is 1. The quantitative estimate of drug-likeness (QED) is 0.900. The van der Waals surface area contributed by atoms with E-state index < -0.39 is 0 Å². The summed E-state index contributed by atoms with van der Waals surface area (Å²) in [6, 6.07) is 9.59. The number of aromatic nitrogens is 1. The molecule has 2 atom stereocenters. The van der Waals surface area contributed by atoms with Crippen LogP contribution in [0.1, 0.15) is 25.7 Å². The zero-order valence-electron chi connectivity index (χ0n) is 14.8. The van der Waals surface area contributed by atoms with Crippen LogP contribution in [0.15, 0.2) is 42.7 Å². The molecule has 2 fully saturated rings. The number of amides is 2. The van der Waals surface area contributed by atoms with E-state index in [0.29, 0.717) is 11.5 Å². The van der Waals surface area contributed by atoms with Gasteiger partial charge in [-0.1, -0.05) is 0 Å². The Labute approximate surface area is 157 Å². The number of anilines is 1. The summed E-state index contributed by atoms with van der Waals surface area (Å²) in [5.74, 6) is 2.22. The van der Waals surface area contributed by atoms with Crippen molar-refractivity contribution in [2.45, 2.75) is 43.9 Å². The minimum Gasteiger partial charge on any atom is -0.490 e. The van der Waals surface area contributed by atoms with Gasteiger partial charge < -0.3 is 24.4 Å². The molecule has 1 N–H and O–H groups in total. The SMILES string of the molecule is O=C(Nc1ccc2c(c1)OCO2)N1C2CCC1CC(Oc1ccncc1)C2. The molecule has 0 radical (unpaired) electrons. The van der Waals surface area contributed by atoms with Crippen LogP contribution in [0, 0.1) is 0 Å². The Kier molecular flexibility index (Phi) is 3.99. The summed E-state index contributed by atoms with van der Waals surface area (Å²) in [6.07, 6.45) is 7.36. The zero-order valence-corrected chi connectivity index (χ0v) is 14.8. The topological polar surface area (TPSA) is 72.9 Å². The molecule has 4 heterocycles. The summed E-state index contributed by atoms with van der Waals surface area (Å²) in [5.41, 5.74) is 0.721. The van der Waals surface area contributed by atoms with Crippen molar-refractivity contribution >= 4 is 11.7 Å². The van der Waals surface area contributed by atoms with Gasteiger partial charge in [-0.15, -0.1) is 0 Å². The second kappa shape index (κ2) is 6.64. The number of benzene rings is 1. The second-order valence-electron chi connectivity index (χ2n) is 7.18. The van der Waals surface area contributed by atoms with Crippen molar-refractivity contribution in [1.29, 1.82) is 0 Å². The summed E-state index contributed by atoms with van der Waals surface area (Å²) < 4.78 is 16.8. The predicted molar refractivity (Wildman–Crippen MR) is 98.1 cm³/mol. The minimum atomic E-state index is -0.0521. The molecular formula is C20H21N3O4. The number of carbonyl (C=O) groups is 1. The molecule has 0 aliphatic carbocycles. The van der Waals surface area contributed by atoms with Crippen molar-refractivity contribution in [2.75, 3.05) is 12.1 Å². The van der Waals surface area contributed by atoms with E-state index >= 15 is 0 Å². The van der Waals surface area contributed by atoms with E-state index in [9.17, 15) is 4.79 Å². The first-order valence-corrected chi connectivity index (χ1v) is 9.32. The fourth-order valence-electron chi connectivity index (χ4n) is 4.33. The number of piperidine rings is 1. The Bertz CT molecular complexity index is 830. The van der Waals surface area contributed by atoms with Crippen LogP contribution < -0.4 is 19.5 Å². The number of ether oxygens (including phenoxy) is 3. The maximum Gasteiger partial charge on any atom is 0.322 e. The Balaban J connectivity index is 1.24. The number of nitrogens with zero attached hydrogens (tertiary/aromatic N) is 2. The Morgan fingerprint density at radius 2 is 1.81 bits per heavy atom. The van der Waals surface area contributed by atoms with Gasteiger partial charge in [0.1, 0.15) is 11.9 Å². The predicted octanol–water partition coefficient (Wildman–Crippen LogP) is 3.42. The summed E-state index contributed by atoms with van der Waals surface area (Å²) in [7, 11) is 0. The molecule has 0 spiro atoms. The summed E-state index contributed by atoms with van der Waals surface area (Å²) in [5, 5.41) is 3.01. The molecule has 2 unspecified atom stereocenters. The maximum atomic E-state index is 12.9. The fourth-order valence-corrected chi connectivity index (χ4v) is 4.33. The normalized spacial score (nSPS) is 25.3. The smallest absolute Gasteiger partial charge is 0.322 e. The first-order valence-electron chi connectivity index (χ1n) is 9.32. The Morgan fingerprint density at radius 3 is 2.59 bits per heavy atom. The Morgan fingerprint density at radius 1 is 1.07 bits per heavy atom. The number of nitrogens with one attached hydrogen (secondary N) is 1. The molecule has 2 saturated heterocycles. The van der Waals surface area contributed by atoms with Crippen molar-refractivity contribution in [1.82, 2.24) is 9.88 Å². The van der Waals surface area contributed by atoms with Gasteiger partial charge in [-0.25, -0.2) is 4.79 Å². The van der Waals surface area contributed by atoms with E-state index in [1.54, 1.807) is 18.5 Å². The molecule has 7 nitrogen and oxygen atoms in total. The molecule has 1 aromatic carbocycles. The second-order valence-corrected chi connectivity index (χ2v) is 7.18. The van der Waals surface area contributed by atoms with Gasteiger partial charge >= 0.3 is 6.03 Å². The highest BCUT2D eigenvalue weighted by atomic mass is 16.7. The molecule has 3 aliphatic rings. The summed E-state index contributed by atoms with van der Waals surface area (Å²) in [6.45, 7) is 0.224. The maximum absolute atomic E-state index is 12.9. The van der Waals surface area contributed by atoms with Gasteiger partial charge in [0.15, 0.2) is 11.5 Å². The minimum absolute atomic E-state index is 0.0521. The highest BCUT2D eigenvalue weighted by Crippen LogP contribution is 2.38. The zero-order chi connectivity index (χ0) is 18.2. The van der Waals surface area contributed by atoms with Crippen molar-refractivity contribution in [3.8, 4) is 17.2 Å². The molecule has 2 amide bonds. The van der Waals surface area contributed by atoms with Gasteiger partial charge in [0.05, 0.1) is 0 Å². The number of hydrogen-bond acceptors (Lipinski definition) is 5. The molecular weight excluding hydrogens is 346 g/mol. The van der Waals surface area contributed by atoms with E-state index in [1.165, 1.54) is 0 Å². The lowest BCUT2D eigenvalue weighted by atomic mass is 10.00. The first kappa shape index (κ1) is 16.2. The average molecular weight is 367 g/mol.